The molecule has 0 atom stereocenters. The predicted octanol–water partition coefficient (Wildman–Crippen LogP) is 4.29. The molecular formula is C22H31ClN3OS+. The molecule has 0 unspecified atom stereocenters. The van der Waals surface area contributed by atoms with Gasteiger partial charge in [-0.05, 0) is 74.7 Å². The van der Waals surface area contributed by atoms with Crippen LogP contribution in [-0.2, 0) is 6.54 Å². The molecule has 28 heavy (non-hydrogen) atoms. The highest BCUT2D eigenvalue weighted by Gasteiger charge is 2.16. The van der Waals surface area contributed by atoms with Gasteiger partial charge >= 0.3 is 0 Å². The fourth-order valence-corrected chi connectivity index (χ4v) is 4.17. The Hall–Kier alpha value is -1.56. The molecule has 152 valence electrons. The van der Waals surface area contributed by atoms with Gasteiger partial charge in [-0.3, -0.25) is 0 Å². The highest BCUT2D eigenvalue weighted by molar-refractivity contribution is 7.80. The van der Waals surface area contributed by atoms with Crippen LogP contribution in [0.2, 0.25) is 5.02 Å². The zero-order valence-electron chi connectivity index (χ0n) is 16.7. The van der Waals surface area contributed by atoms with E-state index in [1.54, 1.807) is 11.2 Å². The molecule has 1 saturated heterocycles. The van der Waals surface area contributed by atoms with Crippen molar-refractivity contribution in [1.29, 1.82) is 0 Å². The van der Waals surface area contributed by atoms with Gasteiger partial charge in [0.25, 0.3) is 0 Å². The number of rotatable bonds is 7. The normalized spacial score (nSPS) is 15.2. The third kappa shape index (κ3) is 6.50. The molecule has 4 nitrogen and oxygen atoms in total. The summed E-state index contributed by atoms with van der Waals surface area (Å²) >= 11 is 12.0. The number of thiocarbonyl (C=S) groups is 1. The van der Waals surface area contributed by atoms with E-state index in [4.69, 9.17) is 28.2 Å². The Bertz CT molecular complexity index is 742. The molecule has 1 aliphatic heterocycles. The molecule has 1 aliphatic rings. The molecule has 0 bridgehead atoms. The van der Waals surface area contributed by atoms with Crippen molar-refractivity contribution in [2.75, 3.05) is 31.5 Å². The summed E-state index contributed by atoms with van der Waals surface area (Å²) in [4.78, 5) is 3.93. The summed E-state index contributed by atoms with van der Waals surface area (Å²) in [6.45, 7) is 7.40. The van der Waals surface area contributed by atoms with Gasteiger partial charge in [0.15, 0.2) is 5.11 Å². The highest BCUT2D eigenvalue weighted by Crippen LogP contribution is 2.20. The second kappa shape index (κ2) is 10.8. The van der Waals surface area contributed by atoms with E-state index in [0.717, 1.165) is 35.0 Å². The number of anilines is 1. The van der Waals surface area contributed by atoms with Gasteiger partial charge in [-0.1, -0.05) is 17.7 Å². The number of quaternary nitrogens is 1. The van der Waals surface area contributed by atoms with Crippen LogP contribution < -0.4 is 10.2 Å². The van der Waals surface area contributed by atoms with E-state index >= 15 is 0 Å². The molecular weight excluding hydrogens is 390 g/mol. The molecule has 1 aromatic heterocycles. The summed E-state index contributed by atoms with van der Waals surface area (Å²) in [5, 5.41) is 4.80. The Kier molecular flexibility index (Phi) is 8.19. The van der Waals surface area contributed by atoms with Gasteiger partial charge in [0.2, 0.25) is 0 Å². The molecule has 0 amide bonds. The number of aryl methyl sites for hydroxylation is 1. The Labute approximate surface area is 178 Å². The maximum Gasteiger partial charge on any atom is 0.173 e. The molecule has 1 fully saturated rings. The van der Waals surface area contributed by atoms with Gasteiger partial charge in [-0.25, -0.2) is 0 Å². The lowest BCUT2D eigenvalue weighted by atomic mass is 10.2. The van der Waals surface area contributed by atoms with E-state index in [-0.39, 0.29) is 0 Å². The fraction of sp³-hybridized carbons (Fsp3) is 0.500. The van der Waals surface area contributed by atoms with E-state index in [2.05, 4.69) is 10.2 Å². The van der Waals surface area contributed by atoms with Crippen molar-refractivity contribution in [3.63, 3.8) is 0 Å². The van der Waals surface area contributed by atoms with E-state index in [1.165, 1.54) is 45.3 Å². The number of halogens is 1. The summed E-state index contributed by atoms with van der Waals surface area (Å²) in [5.41, 5.74) is 1.98. The highest BCUT2D eigenvalue weighted by atomic mass is 35.5. The van der Waals surface area contributed by atoms with Gasteiger partial charge in [-0.15, -0.1) is 0 Å². The first-order valence-electron chi connectivity index (χ1n) is 10.3. The van der Waals surface area contributed by atoms with Crippen LogP contribution in [0, 0.1) is 6.92 Å². The summed E-state index contributed by atoms with van der Waals surface area (Å²) in [7, 11) is 0. The van der Waals surface area contributed by atoms with Crippen LogP contribution in [0.1, 0.15) is 43.4 Å². The van der Waals surface area contributed by atoms with E-state index < -0.39 is 0 Å². The second-order valence-corrected chi connectivity index (χ2v) is 8.46. The number of hydrogen-bond donors (Lipinski definition) is 2. The maximum absolute atomic E-state index is 6.26. The molecule has 0 saturated carbocycles. The fourth-order valence-electron chi connectivity index (χ4n) is 3.71. The molecule has 0 radical (unpaired) electrons. The molecule has 2 N–H and O–H groups in total. The van der Waals surface area contributed by atoms with Gasteiger partial charge in [-0.2, -0.15) is 0 Å². The van der Waals surface area contributed by atoms with Crippen molar-refractivity contribution in [3.05, 3.63) is 52.9 Å². The van der Waals surface area contributed by atoms with Crippen molar-refractivity contribution in [2.45, 2.75) is 45.6 Å². The maximum atomic E-state index is 6.26. The minimum atomic E-state index is 0.674. The van der Waals surface area contributed by atoms with Gasteiger partial charge in [0.1, 0.15) is 5.76 Å². The van der Waals surface area contributed by atoms with Crippen molar-refractivity contribution in [3.8, 4) is 0 Å². The minimum absolute atomic E-state index is 0.674. The number of likely N-dealkylation sites (tertiary alicyclic amines) is 1. The molecule has 3 rings (SSSR count). The second-order valence-electron chi connectivity index (χ2n) is 7.66. The first-order chi connectivity index (χ1) is 13.6. The number of benzene rings is 1. The van der Waals surface area contributed by atoms with Gasteiger partial charge in [0, 0.05) is 23.7 Å². The first kappa shape index (κ1) is 21.2. The number of furan rings is 1. The lowest BCUT2D eigenvalue weighted by Crippen LogP contribution is -3.11. The number of nitrogens with zero attached hydrogens (tertiary/aromatic N) is 1. The smallest absolute Gasteiger partial charge is 0.173 e. The zero-order chi connectivity index (χ0) is 19.8. The number of hydrogen-bond acceptors (Lipinski definition) is 2. The van der Waals surface area contributed by atoms with Crippen LogP contribution in [0.3, 0.4) is 0 Å². The molecule has 0 aliphatic carbocycles. The average Bonchev–Trinajstić information content (AvgIpc) is 3.05. The van der Waals surface area contributed by atoms with Crippen LogP contribution in [0.25, 0.3) is 0 Å². The quantitative estimate of drug-likeness (QED) is 0.654. The SMILES string of the molecule is Cc1ccc(NC(=S)N(CCC[NH+]2CCCCCC2)Cc2ccco2)cc1Cl. The monoisotopic (exact) mass is 420 g/mol. The van der Waals surface area contributed by atoms with Crippen LogP contribution in [0.5, 0.6) is 0 Å². The predicted molar refractivity (Wildman–Crippen MR) is 120 cm³/mol. The molecule has 0 spiro atoms. The van der Waals surface area contributed by atoms with Crippen LogP contribution >= 0.6 is 23.8 Å². The summed E-state index contributed by atoms with van der Waals surface area (Å²) < 4.78 is 5.56. The van der Waals surface area contributed by atoms with Crippen molar-refractivity contribution < 1.29 is 9.32 Å². The lowest BCUT2D eigenvalue weighted by Gasteiger charge is -2.26. The average molecular weight is 421 g/mol. The van der Waals surface area contributed by atoms with E-state index in [9.17, 15) is 0 Å². The summed E-state index contributed by atoms with van der Waals surface area (Å²) in [6.07, 6.45) is 8.33. The Morgan fingerprint density at radius 2 is 2.00 bits per heavy atom. The Morgan fingerprint density at radius 1 is 1.21 bits per heavy atom. The molecule has 1 aromatic carbocycles. The van der Waals surface area contributed by atoms with Crippen LogP contribution in [0.15, 0.2) is 41.0 Å². The van der Waals surface area contributed by atoms with Crippen LogP contribution in [0.4, 0.5) is 5.69 Å². The minimum Gasteiger partial charge on any atom is -0.467 e. The molecule has 2 heterocycles. The van der Waals surface area contributed by atoms with Crippen molar-refractivity contribution in [1.82, 2.24) is 4.90 Å². The Morgan fingerprint density at radius 3 is 2.68 bits per heavy atom. The Balaban J connectivity index is 1.58. The topological polar surface area (TPSA) is 32.9 Å². The molecule has 2 aromatic rings. The van der Waals surface area contributed by atoms with E-state index in [1.807, 2.05) is 37.3 Å². The molecule has 6 heteroatoms. The van der Waals surface area contributed by atoms with E-state index in [0.29, 0.717) is 11.7 Å². The third-order valence-corrected chi connectivity index (χ3v) is 6.17. The standard InChI is InChI=1S/C22H30ClN3OS/c1-18-9-10-19(16-21(18)23)24-22(28)26(17-20-8-6-15-27-20)14-7-13-25-11-4-2-3-5-12-25/h6,8-10,15-16H,2-5,7,11-14,17H2,1H3,(H,24,28)/p+1. The summed E-state index contributed by atoms with van der Waals surface area (Å²) in [6, 6.07) is 9.87. The first-order valence-corrected chi connectivity index (χ1v) is 11.1. The lowest BCUT2D eigenvalue weighted by molar-refractivity contribution is -0.899. The number of nitrogens with one attached hydrogen (secondary N) is 2. The van der Waals surface area contributed by atoms with Crippen LogP contribution in [-0.4, -0.2) is 36.2 Å². The van der Waals surface area contributed by atoms with Crippen molar-refractivity contribution >= 4 is 34.6 Å². The third-order valence-electron chi connectivity index (χ3n) is 5.41. The largest absolute Gasteiger partial charge is 0.467 e. The van der Waals surface area contributed by atoms with Crippen molar-refractivity contribution in [2.24, 2.45) is 0 Å². The zero-order valence-corrected chi connectivity index (χ0v) is 18.2. The van der Waals surface area contributed by atoms with Gasteiger partial charge in [0.05, 0.1) is 32.4 Å². The summed E-state index contributed by atoms with van der Waals surface area (Å²) in [5.74, 6) is 0.924. The van der Waals surface area contributed by atoms with Gasteiger partial charge < -0.3 is 19.5 Å².